The second-order valence-corrected chi connectivity index (χ2v) is 3.37. The highest BCUT2D eigenvalue weighted by Gasteiger charge is 2.40. The van der Waals surface area contributed by atoms with Gasteiger partial charge < -0.3 is 20.4 Å². The second kappa shape index (κ2) is 2.50. The van der Waals surface area contributed by atoms with Crippen LogP contribution in [0.2, 0.25) is 0 Å². The Hall–Kier alpha value is -1.52. The van der Waals surface area contributed by atoms with Crippen molar-refractivity contribution in [3.05, 3.63) is 34.2 Å². The number of aliphatic hydroxyl groups excluding tert-OH is 2. The fourth-order valence-corrected chi connectivity index (χ4v) is 1.65. The molecular weight excluding hydrogens is 184 g/mol. The van der Waals surface area contributed by atoms with Crippen molar-refractivity contribution < 1.29 is 20.4 Å². The van der Waals surface area contributed by atoms with Gasteiger partial charge in [-0.15, -0.1) is 0 Å². The molecule has 0 spiro atoms. The lowest BCUT2D eigenvalue weighted by Gasteiger charge is -2.15. The van der Waals surface area contributed by atoms with Crippen LogP contribution >= 0.6 is 0 Å². The molecule has 1 aliphatic carbocycles. The molecule has 0 amide bonds. The van der Waals surface area contributed by atoms with Gasteiger partial charge in [0.15, 0.2) is 11.5 Å². The first kappa shape index (κ1) is 9.05. The van der Waals surface area contributed by atoms with Crippen molar-refractivity contribution in [3.63, 3.8) is 0 Å². The second-order valence-electron chi connectivity index (χ2n) is 3.37. The summed E-state index contributed by atoms with van der Waals surface area (Å²) in [5.41, 5.74) is 0.677. The summed E-state index contributed by atoms with van der Waals surface area (Å²) in [4.78, 5) is 0. The van der Waals surface area contributed by atoms with E-state index in [0.717, 1.165) is 0 Å². The molecule has 0 fully saturated rings. The lowest BCUT2D eigenvalue weighted by molar-refractivity contribution is -0.0887. The van der Waals surface area contributed by atoms with Gasteiger partial charge in [-0.25, -0.2) is 0 Å². The van der Waals surface area contributed by atoms with Gasteiger partial charge in [0, 0.05) is 10.4 Å². The molecule has 74 valence electrons. The van der Waals surface area contributed by atoms with Crippen LogP contribution in [0.3, 0.4) is 0 Å². The van der Waals surface area contributed by atoms with Crippen LogP contribution in [0.5, 0.6) is 0 Å². The Morgan fingerprint density at radius 2 is 1.71 bits per heavy atom. The van der Waals surface area contributed by atoms with Gasteiger partial charge >= 0.3 is 0 Å². The van der Waals surface area contributed by atoms with Gasteiger partial charge in [0.2, 0.25) is 0 Å². The molecule has 1 aliphatic rings. The first-order chi connectivity index (χ1) is 6.46. The van der Waals surface area contributed by atoms with Crippen LogP contribution in [0, 0.1) is 6.92 Å². The fraction of sp³-hybridized carbons (Fsp3) is 0.200. The third-order valence-corrected chi connectivity index (χ3v) is 2.43. The van der Waals surface area contributed by atoms with Crippen LogP contribution in [0.1, 0.15) is 5.56 Å². The predicted molar refractivity (Wildman–Crippen MR) is 49.7 cm³/mol. The van der Waals surface area contributed by atoms with Crippen LogP contribution in [0.15, 0.2) is 18.2 Å². The van der Waals surface area contributed by atoms with Gasteiger partial charge in [-0.1, -0.05) is 18.2 Å². The molecule has 0 radical (unpaired) electrons. The summed E-state index contributed by atoms with van der Waals surface area (Å²) in [5.74, 6) is -3.90. The van der Waals surface area contributed by atoms with E-state index in [0.29, 0.717) is 5.56 Å². The van der Waals surface area contributed by atoms with E-state index in [-0.39, 0.29) is 10.4 Å². The van der Waals surface area contributed by atoms with E-state index in [2.05, 4.69) is 0 Å². The maximum absolute atomic E-state index is 9.50. The minimum atomic E-state index is -2.64. The normalized spacial score (nSPS) is 18.5. The van der Waals surface area contributed by atoms with E-state index in [1.165, 1.54) is 6.07 Å². The number of rotatable bonds is 0. The molecule has 1 aromatic rings. The van der Waals surface area contributed by atoms with E-state index in [1.807, 2.05) is 0 Å². The molecule has 0 heterocycles. The van der Waals surface area contributed by atoms with Gasteiger partial charge in [0.25, 0.3) is 5.79 Å². The van der Waals surface area contributed by atoms with Crippen molar-refractivity contribution in [2.24, 2.45) is 0 Å². The Balaban J connectivity index is 3.05. The van der Waals surface area contributed by atoms with Crippen LogP contribution < -0.4 is 10.4 Å². The molecule has 2 rings (SSSR count). The number of hydrogen-bond acceptors (Lipinski definition) is 4. The Morgan fingerprint density at radius 3 is 2.29 bits per heavy atom. The molecule has 4 N–H and O–H groups in total. The summed E-state index contributed by atoms with van der Waals surface area (Å²) in [6.45, 7) is 1.71. The molecule has 0 aromatic heterocycles. The van der Waals surface area contributed by atoms with Gasteiger partial charge in [-0.2, -0.15) is 0 Å². The Morgan fingerprint density at radius 1 is 1.07 bits per heavy atom. The molecule has 0 aliphatic heterocycles. The average Bonchev–Trinajstić information content (AvgIpc) is 2.30. The molecule has 1 aromatic carbocycles. The largest absolute Gasteiger partial charge is 0.506 e. The summed E-state index contributed by atoms with van der Waals surface area (Å²) < 4.78 is 0. The lowest BCUT2D eigenvalue weighted by Crippen LogP contribution is -2.30. The SMILES string of the molecule is Cc1cccc2c1=C(O)C(O)(O)C=2O. The standard InChI is InChI=1S/C10H10O4/c1-5-3-2-4-6-7(5)9(12)10(13,14)8(6)11/h2-4,11-14H,1H3. The number of benzene rings is 1. The maximum Gasteiger partial charge on any atom is 0.284 e. The zero-order valence-corrected chi connectivity index (χ0v) is 7.52. The first-order valence-corrected chi connectivity index (χ1v) is 4.14. The molecule has 0 bridgehead atoms. The number of aliphatic hydroxyl groups is 4. The monoisotopic (exact) mass is 194 g/mol. The van der Waals surface area contributed by atoms with E-state index >= 15 is 0 Å². The maximum atomic E-state index is 9.50. The van der Waals surface area contributed by atoms with E-state index < -0.39 is 17.3 Å². The summed E-state index contributed by atoms with van der Waals surface area (Å²) >= 11 is 0. The summed E-state index contributed by atoms with van der Waals surface area (Å²) in [7, 11) is 0. The predicted octanol–water partition coefficient (Wildman–Crippen LogP) is -0.978. The third kappa shape index (κ3) is 0.893. The van der Waals surface area contributed by atoms with Gasteiger partial charge in [-0.3, -0.25) is 0 Å². The molecule has 0 unspecified atom stereocenters. The molecular formula is C10H10O4. The van der Waals surface area contributed by atoms with Crippen molar-refractivity contribution in [2.75, 3.05) is 0 Å². The minimum Gasteiger partial charge on any atom is -0.506 e. The number of hydrogen-bond donors (Lipinski definition) is 4. The lowest BCUT2D eigenvalue weighted by atomic mass is 10.1. The zero-order chi connectivity index (χ0) is 10.5. The average molecular weight is 194 g/mol. The van der Waals surface area contributed by atoms with Gasteiger partial charge in [0.1, 0.15) is 0 Å². The number of aryl methyl sites for hydroxylation is 1. The quantitative estimate of drug-likeness (QED) is 0.400. The van der Waals surface area contributed by atoms with Crippen molar-refractivity contribution in [2.45, 2.75) is 12.7 Å². The molecule has 0 saturated carbocycles. The highest BCUT2D eigenvalue weighted by Crippen LogP contribution is 2.21. The van der Waals surface area contributed by atoms with Crippen molar-refractivity contribution in [1.29, 1.82) is 0 Å². The van der Waals surface area contributed by atoms with Gasteiger partial charge in [0.05, 0.1) is 0 Å². The molecule has 0 saturated heterocycles. The van der Waals surface area contributed by atoms with Crippen LogP contribution in [-0.4, -0.2) is 26.2 Å². The topological polar surface area (TPSA) is 80.9 Å². The minimum absolute atomic E-state index is 0.257. The summed E-state index contributed by atoms with van der Waals surface area (Å²) in [6, 6.07) is 4.89. The van der Waals surface area contributed by atoms with E-state index in [1.54, 1.807) is 19.1 Å². The van der Waals surface area contributed by atoms with Gasteiger partial charge in [-0.05, 0) is 12.5 Å². The fourth-order valence-electron chi connectivity index (χ4n) is 1.65. The molecule has 0 atom stereocenters. The third-order valence-electron chi connectivity index (χ3n) is 2.43. The van der Waals surface area contributed by atoms with Crippen LogP contribution in [0.25, 0.3) is 11.5 Å². The van der Waals surface area contributed by atoms with Crippen LogP contribution in [0.4, 0.5) is 0 Å². The smallest absolute Gasteiger partial charge is 0.284 e. The highest BCUT2D eigenvalue weighted by atomic mass is 16.5. The molecule has 14 heavy (non-hydrogen) atoms. The molecule has 4 nitrogen and oxygen atoms in total. The summed E-state index contributed by atoms with van der Waals surface area (Å²) in [5, 5.41) is 38.2. The molecule has 4 heteroatoms. The zero-order valence-electron chi connectivity index (χ0n) is 7.52. The van der Waals surface area contributed by atoms with Crippen molar-refractivity contribution >= 4 is 11.5 Å². The van der Waals surface area contributed by atoms with Crippen molar-refractivity contribution in [3.8, 4) is 0 Å². The Labute approximate surface area is 79.7 Å². The van der Waals surface area contributed by atoms with Crippen molar-refractivity contribution in [1.82, 2.24) is 0 Å². The summed E-state index contributed by atoms with van der Waals surface area (Å²) in [6.07, 6.45) is 0. The van der Waals surface area contributed by atoms with E-state index in [4.69, 9.17) is 0 Å². The highest BCUT2D eigenvalue weighted by molar-refractivity contribution is 5.68. The number of fused-ring (bicyclic) bond motifs is 1. The van der Waals surface area contributed by atoms with E-state index in [9.17, 15) is 20.4 Å². The Kier molecular flexibility index (Phi) is 1.61. The van der Waals surface area contributed by atoms with Crippen LogP contribution in [-0.2, 0) is 0 Å². The Bertz CT molecular complexity index is 513. The first-order valence-electron chi connectivity index (χ1n) is 4.14.